The summed E-state index contributed by atoms with van der Waals surface area (Å²) in [5, 5.41) is 0. The number of benzene rings is 1. The monoisotopic (exact) mass is 282 g/mol. The molecule has 19 heavy (non-hydrogen) atoms. The fourth-order valence-corrected chi connectivity index (χ4v) is 3.77. The van der Waals surface area contributed by atoms with Gasteiger partial charge in [0.2, 0.25) is 0 Å². The summed E-state index contributed by atoms with van der Waals surface area (Å²) < 4.78 is 29.9. The van der Waals surface area contributed by atoms with Crippen molar-refractivity contribution in [3.63, 3.8) is 0 Å². The van der Waals surface area contributed by atoms with Gasteiger partial charge in [0.1, 0.15) is 0 Å². The molecule has 1 aromatic rings. The zero-order valence-electron chi connectivity index (χ0n) is 11.8. The smallest absolute Gasteiger partial charge is 0.263 e. The molecule has 1 fully saturated rings. The van der Waals surface area contributed by atoms with E-state index in [0.29, 0.717) is 5.92 Å². The average Bonchev–Trinajstić information content (AvgIpc) is 2.35. The Morgan fingerprint density at radius 1 is 1.11 bits per heavy atom. The van der Waals surface area contributed by atoms with Gasteiger partial charge in [0.25, 0.3) is 10.1 Å². The summed E-state index contributed by atoms with van der Waals surface area (Å²) in [7, 11) is -3.63. The van der Waals surface area contributed by atoms with Gasteiger partial charge >= 0.3 is 0 Å². The molecular weight excluding hydrogens is 260 g/mol. The molecule has 1 aliphatic rings. The predicted molar refractivity (Wildman–Crippen MR) is 75.4 cm³/mol. The highest BCUT2D eigenvalue weighted by Crippen LogP contribution is 2.33. The molecule has 0 bridgehead atoms. The van der Waals surface area contributed by atoms with Crippen molar-refractivity contribution in [1.29, 1.82) is 0 Å². The van der Waals surface area contributed by atoms with E-state index in [1.54, 1.807) is 24.3 Å². The first kappa shape index (κ1) is 14.5. The minimum atomic E-state index is -3.63. The molecule has 3 unspecified atom stereocenters. The first-order valence-corrected chi connectivity index (χ1v) is 8.31. The van der Waals surface area contributed by atoms with Crippen LogP contribution in [-0.4, -0.2) is 14.5 Å². The van der Waals surface area contributed by atoms with Crippen LogP contribution in [0.3, 0.4) is 0 Å². The maximum Gasteiger partial charge on any atom is 0.297 e. The predicted octanol–water partition coefficient (Wildman–Crippen LogP) is 3.53. The van der Waals surface area contributed by atoms with Gasteiger partial charge in [-0.3, -0.25) is 4.18 Å². The number of hydrogen-bond acceptors (Lipinski definition) is 3. The van der Waals surface area contributed by atoms with Crippen molar-refractivity contribution in [1.82, 2.24) is 0 Å². The first-order chi connectivity index (χ1) is 8.90. The van der Waals surface area contributed by atoms with Crippen molar-refractivity contribution in [3.05, 3.63) is 29.8 Å². The molecule has 0 amide bonds. The van der Waals surface area contributed by atoms with Gasteiger partial charge in [0.15, 0.2) is 0 Å². The third kappa shape index (κ3) is 3.37. The van der Waals surface area contributed by atoms with E-state index in [1.807, 2.05) is 6.92 Å². The lowest BCUT2D eigenvalue weighted by Crippen LogP contribution is -2.33. The van der Waals surface area contributed by atoms with Crippen molar-refractivity contribution >= 4 is 10.1 Å². The molecule has 2 rings (SSSR count). The molecule has 0 aliphatic heterocycles. The van der Waals surface area contributed by atoms with Crippen LogP contribution in [0.5, 0.6) is 0 Å². The van der Waals surface area contributed by atoms with Crippen molar-refractivity contribution in [2.45, 2.75) is 51.0 Å². The third-order valence-electron chi connectivity index (χ3n) is 4.19. The van der Waals surface area contributed by atoms with Crippen LogP contribution in [0.4, 0.5) is 0 Å². The Hall–Kier alpha value is -0.870. The van der Waals surface area contributed by atoms with Crippen LogP contribution in [0.15, 0.2) is 29.2 Å². The standard InChI is InChI=1S/C15H22O3S/c1-11-7-9-14(10-8-11)19(16,17)18-15-6-4-5-12(2)13(15)3/h7-10,12-13,15H,4-6H2,1-3H3. The third-order valence-corrected chi connectivity index (χ3v) is 5.54. The zero-order valence-corrected chi connectivity index (χ0v) is 12.6. The van der Waals surface area contributed by atoms with Crippen LogP contribution in [0.1, 0.15) is 38.7 Å². The molecule has 4 heteroatoms. The van der Waals surface area contributed by atoms with E-state index >= 15 is 0 Å². The molecular formula is C15H22O3S. The zero-order chi connectivity index (χ0) is 14.0. The summed E-state index contributed by atoms with van der Waals surface area (Å²) >= 11 is 0. The van der Waals surface area contributed by atoms with Gasteiger partial charge in [-0.2, -0.15) is 8.42 Å². The highest BCUT2D eigenvalue weighted by molar-refractivity contribution is 7.86. The molecule has 3 nitrogen and oxygen atoms in total. The Morgan fingerprint density at radius 3 is 2.37 bits per heavy atom. The second kappa shape index (κ2) is 5.63. The Bertz CT molecular complexity index is 519. The van der Waals surface area contributed by atoms with E-state index in [2.05, 4.69) is 13.8 Å². The minimum absolute atomic E-state index is 0.185. The van der Waals surface area contributed by atoms with Gasteiger partial charge in [0.05, 0.1) is 11.0 Å². The van der Waals surface area contributed by atoms with E-state index in [4.69, 9.17) is 4.18 Å². The van der Waals surface area contributed by atoms with Crippen LogP contribution in [0.25, 0.3) is 0 Å². The van der Waals surface area contributed by atoms with E-state index in [9.17, 15) is 8.42 Å². The molecule has 1 aromatic carbocycles. The van der Waals surface area contributed by atoms with Gasteiger partial charge in [0, 0.05) is 0 Å². The van der Waals surface area contributed by atoms with Crippen molar-refractivity contribution in [2.75, 3.05) is 0 Å². The second-order valence-corrected chi connectivity index (χ2v) is 7.24. The molecule has 3 atom stereocenters. The summed E-state index contributed by atoms with van der Waals surface area (Å²) in [5.41, 5.74) is 1.04. The minimum Gasteiger partial charge on any atom is -0.263 e. The number of rotatable bonds is 3. The van der Waals surface area contributed by atoms with Crippen molar-refractivity contribution < 1.29 is 12.6 Å². The highest BCUT2D eigenvalue weighted by Gasteiger charge is 2.32. The Labute approximate surface area is 116 Å². The highest BCUT2D eigenvalue weighted by atomic mass is 32.2. The molecule has 0 radical (unpaired) electrons. The summed E-state index contributed by atoms with van der Waals surface area (Å²) in [6.45, 7) is 6.18. The molecule has 0 spiro atoms. The lowest BCUT2D eigenvalue weighted by Gasteiger charge is -2.33. The number of aryl methyl sites for hydroxylation is 1. The average molecular weight is 282 g/mol. The first-order valence-electron chi connectivity index (χ1n) is 6.90. The van der Waals surface area contributed by atoms with Crippen LogP contribution >= 0.6 is 0 Å². The van der Waals surface area contributed by atoms with E-state index in [1.165, 1.54) is 0 Å². The normalized spacial score (nSPS) is 28.3. The van der Waals surface area contributed by atoms with Crippen LogP contribution in [0.2, 0.25) is 0 Å². The number of hydrogen-bond donors (Lipinski definition) is 0. The van der Waals surface area contributed by atoms with Gasteiger partial charge in [-0.25, -0.2) is 0 Å². The van der Waals surface area contributed by atoms with E-state index in [0.717, 1.165) is 24.8 Å². The largest absolute Gasteiger partial charge is 0.297 e. The molecule has 0 N–H and O–H groups in total. The van der Waals surface area contributed by atoms with Crippen LogP contribution in [0, 0.1) is 18.8 Å². The van der Waals surface area contributed by atoms with Gasteiger partial charge in [-0.15, -0.1) is 0 Å². The maximum atomic E-state index is 12.2. The summed E-state index contributed by atoms with van der Waals surface area (Å²) in [5.74, 6) is 0.806. The topological polar surface area (TPSA) is 43.4 Å². The van der Waals surface area contributed by atoms with E-state index < -0.39 is 10.1 Å². The molecule has 0 heterocycles. The molecule has 1 aliphatic carbocycles. The maximum absolute atomic E-state index is 12.2. The van der Waals surface area contributed by atoms with Crippen LogP contribution < -0.4 is 0 Å². The van der Waals surface area contributed by atoms with E-state index in [-0.39, 0.29) is 16.9 Å². The summed E-state index contributed by atoms with van der Waals surface area (Å²) in [6, 6.07) is 6.81. The van der Waals surface area contributed by atoms with Crippen LogP contribution in [-0.2, 0) is 14.3 Å². The summed E-state index contributed by atoms with van der Waals surface area (Å²) in [4.78, 5) is 0.253. The Balaban J connectivity index is 2.15. The quantitative estimate of drug-likeness (QED) is 0.797. The molecule has 0 aromatic heterocycles. The van der Waals surface area contributed by atoms with Gasteiger partial charge < -0.3 is 0 Å². The van der Waals surface area contributed by atoms with Gasteiger partial charge in [-0.05, 0) is 37.3 Å². The SMILES string of the molecule is Cc1ccc(S(=O)(=O)OC2CCCC(C)C2C)cc1. The molecule has 1 saturated carbocycles. The lowest BCUT2D eigenvalue weighted by atomic mass is 9.80. The Kier molecular flexibility index (Phi) is 4.31. The lowest BCUT2D eigenvalue weighted by molar-refractivity contribution is 0.0748. The fourth-order valence-electron chi connectivity index (χ4n) is 2.59. The second-order valence-electron chi connectivity index (χ2n) is 5.67. The Morgan fingerprint density at radius 2 is 1.74 bits per heavy atom. The van der Waals surface area contributed by atoms with Gasteiger partial charge in [-0.1, -0.05) is 44.4 Å². The summed E-state index contributed by atoms with van der Waals surface area (Å²) in [6.07, 6.45) is 2.84. The molecule has 0 saturated heterocycles. The van der Waals surface area contributed by atoms with Crippen molar-refractivity contribution in [2.24, 2.45) is 11.8 Å². The fraction of sp³-hybridized carbons (Fsp3) is 0.600. The molecule has 106 valence electrons. The van der Waals surface area contributed by atoms with Crippen molar-refractivity contribution in [3.8, 4) is 0 Å².